The lowest BCUT2D eigenvalue weighted by Gasteiger charge is -2.15. The third kappa shape index (κ3) is 2.03. The predicted octanol–water partition coefficient (Wildman–Crippen LogP) is 1.43. The van der Waals surface area contributed by atoms with Crippen molar-refractivity contribution >= 4 is 9.84 Å². The van der Waals surface area contributed by atoms with Crippen LogP contribution in [-0.4, -0.2) is 31.7 Å². The molecule has 2 aliphatic rings. The molecule has 0 unspecified atom stereocenters. The van der Waals surface area contributed by atoms with Gasteiger partial charge in [-0.2, -0.15) is 0 Å². The van der Waals surface area contributed by atoms with Crippen molar-refractivity contribution in [3.63, 3.8) is 0 Å². The molecule has 1 saturated heterocycles. The molecule has 3 rings (SSSR count). The highest BCUT2D eigenvalue weighted by molar-refractivity contribution is 7.95. The van der Waals surface area contributed by atoms with Gasteiger partial charge in [-0.25, -0.2) is 8.42 Å². The topological polar surface area (TPSA) is 37.4 Å². The van der Waals surface area contributed by atoms with Gasteiger partial charge in [-0.1, -0.05) is 36.4 Å². The molecule has 2 aliphatic heterocycles. The largest absolute Gasteiger partial charge is 0.297 e. The van der Waals surface area contributed by atoms with E-state index >= 15 is 0 Å². The Balaban J connectivity index is 1.72. The van der Waals surface area contributed by atoms with Gasteiger partial charge in [0.05, 0.1) is 5.25 Å². The van der Waals surface area contributed by atoms with Gasteiger partial charge >= 0.3 is 0 Å². The average molecular weight is 249 g/mol. The fourth-order valence-corrected chi connectivity index (χ4v) is 4.40. The standard InChI is InChI=1S/C13H15NO2S/c15-17(16)7-6-12-9-14(10-13(12)17)8-11-4-2-1-3-5-11/h1-7,12-13H,8-10H2/t12-,13+/m1/s1. The van der Waals surface area contributed by atoms with Crippen LogP contribution in [0.5, 0.6) is 0 Å². The van der Waals surface area contributed by atoms with Crippen LogP contribution in [0.15, 0.2) is 41.8 Å². The number of sulfone groups is 1. The maximum atomic E-state index is 11.7. The summed E-state index contributed by atoms with van der Waals surface area (Å²) in [6.07, 6.45) is 1.85. The summed E-state index contributed by atoms with van der Waals surface area (Å²) in [6, 6.07) is 10.2. The smallest absolute Gasteiger partial charge is 0.176 e. The first-order chi connectivity index (χ1) is 8.15. The van der Waals surface area contributed by atoms with Crippen molar-refractivity contribution < 1.29 is 8.42 Å². The quantitative estimate of drug-likeness (QED) is 0.795. The average Bonchev–Trinajstić information content (AvgIpc) is 2.82. The Bertz CT molecular complexity index is 536. The SMILES string of the molecule is O=S1(=O)C=C[C@@H]2CN(Cc3ccccc3)C[C@@H]21. The van der Waals surface area contributed by atoms with Crippen molar-refractivity contribution in [3.8, 4) is 0 Å². The Kier molecular flexibility index (Phi) is 2.56. The second-order valence-corrected chi connectivity index (χ2v) is 6.86. The summed E-state index contributed by atoms with van der Waals surface area (Å²) in [5, 5.41) is 1.19. The molecule has 4 heteroatoms. The van der Waals surface area contributed by atoms with E-state index in [9.17, 15) is 8.42 Å². The maximum Gasteiger partial charge on any atom is 0.176 e. The minimum Gasteiger partial charge on any atom is -0.297 e. The molecule has 0 bridgehead atoms. The molecule has 0 saturated carbocycles. The molecule has 0 aromatic heterocycles. The van der Waals surface area contributed by atoms with Crippen LogP contribution in [0.1, 0.15) is 5.56 Å². The van der Waals surface area contributed by atoms with E-state index in [4.69, 9.17) is 0 Å². The van der Waals surface area contributed by atoms with E-state index in [1.165, 1.54) is 11.0 Å². The summed E-state index contributed by atoms with van der Waals surface area (Å²) in [5.41, 5.74) is 1.24. The molecule has 2 heterocycles. The summed E-state index contributed by atoms with van der Waals surface area (Å²) < 4.78 is 23.5. The number of fused-ring (bicyclic) bond motifs is 1. The summed E-state index contributed by atoms with van der Waals surface area (Å²) in [4.78, 5) is 2.23. The summed E-state index contributed by atoms with van der Waals surface area (Å²) in [5.74, 6) is 0.198. The summed E-state index contributed by atoms with van der Waals surface area (Å²) in [6.45, 7) is 2.36. The van der Waals surface area contributed by atoms with Crippen LogP contribution in [0.25, 0.3) is 0 Å². The molecule has 1 aromatic rings. The highest BCUT2D eigenvalue weighted by atomic mass is 32.2. The van der Waals surface area contributed by atoms with Crippen LogP contribution in [0.2, 0.25) is 0 Å². The zero-order valence-electron chi connectivity index (χ0n) is 9.49. The Morgan fingerprint density at radius 3 is 2.65 bits per heavy atom. The summed E-state index contributed by atoms with van der Waals surface area (Å²) in [7, 11) is -2.97. The Labute approximate surface area is 102 Å². The second kappa shape index (κ2) is 3.96. The number of hydrogen-bond donors (Lipinski definition) is 0. The van der Waals surface area contributed by atoms with Crippen molar-refractivity contribution in [2.45, 2.75) is 11.8 Å². The van der Waals surface area contributed by atoms with Crippen LogP contribution in [0.3, 0.4) is 0 Å². The van der Waals surface area contributed by atoms with Crippen LogP contribution in [0, 0.1) is 5.92 Å². The minimum absolute atomic E-state index is 0.198. The normalized spacial score (nSPS) is 30.6. The number of nitrogens with zero attached hydrogens (tertiary/aromatic N) is 1. The van der Waals surface area contributed by atoms with Crippen molar-refractivity contribution in [1.82, 2.24) is 4.90 Å². The molecular formula is C13H15NO2S. The summed E-state index contributed by atoms with van der Waals surface area (Å²) >= 11 is 0. The lowest BCUT2D eigenvalue weighted by atomic mass is 10.1. The first-order valence-electron chi connectivity index (χ1n) is 5.83. The van der Waals surface area contributed by atoms with Gasteiger partial charge in [0.25, 0.3) is 0 Å². The molecule has 0 N–H and O–H groups in total. The second-order valence-electron chi connectivity index (χ2n) is 4.80. The molecule has 0 spiro atoms. The predicted molar refractivity (Wildman–Crippen MR) is 67.1 cm³/mol. The van der Waals surface area contributed by atoms with Gasteiger partial charge in [0.15, 0.2) is 9.84 Å². The molecule has 1 aromatic carbocycles. The van der Waals surface area contributed by atoms with E-state index in [1.54, 1.807) is 0 Å². The van der Waals surface area contributed by atoms with Gasteiger partial charge < -0.3 is 0 Å². The molecule has 0 radical (unpaired) electrons. The molecule has 90 valence electrons. The van der Waals surface area contributed by atoms with Gasteiger partial charge in [0.1, 0.15) is 0 Å². The van der Waals surface area contributed by atoms with E-state index in [-0.39, 0.29) is 11.2 Å². The van der Waals surface area contributed by atoms with E-state index in [0.29, 0.717) is 6.54 Å². The highest BCUT2D eigenvalue weighted by Crippen LogP contribution is 2.31. The molecule has 0 aliphatic carbocycles. The third-order valence-corrected chi connectivity index (χ3v) is 5.45. The fraction of sp³-hybridized carbons (Fsp3) is 0.385. The van der Waals surface area contributed by atoms with Crippen molar-refractivity contribution in [2.24, 2.45) is 5.92 Å². The van der Waals surface area contributed by atoms with E-state index in [2.05, 4.69) is 17.0 Å². The number of hydrogen-bond acceptors (Lipinski definition) is 3. The Hall–Kier alpha value is -1.13. The first-order valence-corrected chi connectivity index (χ1v) is 7.44. The number of benzene rings is 1. The Morgan fingerprint density at radius 2 is 1.94 bits per heavy atom. The molecule has 0 amide bonds. The highest BCUT2D eigenvalue weighted by Gasteiger charge is 2.42. The van der Waals surface area contributed by atoms with Crippen LogP contribution < -0.4 is 0 Å². The van der Waals surface area contributed by atoms with Crippen LogP contribution in [0.4, 0.5) is 0 Å². The molecule has 1 fully saturated rings. The first kappa shape index (κ1) is 11.0. The van der Waals surface area contributed by atoms with Crippen molar-refractivity contribution in [2.75, 3.05) is 13.1 Å². The number of rotatable bonds is 2. The van der Waals surface area contributed by atoms with Gasteiger partial charge in [-0.05, 0) is 5.56 Å². The molecule has 17 heavy (non-hydrogen) atoms. The van der Waals surface area contributed by atoms with E-state index in [1.807, 2.05) is 24.3 Å². The molecule has 2 atom stereocenters. The lowest BCUT2D eigenvalue weighted by Crippen LogP contribution is -2.25. The monoisotopic (exact) mass is 249 g/mol. The zero-order chi connectivity index (χ0) is 11.9. The maximum absolute atomic E-state index is 11.7. The Morgan fingerprint density at radius 1 is 1.18 bits per heavy atom. The van der Waals surface area contributed by atoms with Gasteiger partial charge in [0.2, 0.25) is 0 Å². The van der Waals surface area contributed by atoms with Crippen molar-refractivity contribution in [3.05, 3.63) is 47.4 Å². The zero-order valence-corrected chi connectivity index (χ0v) is 10.3. The third-order valence-electron chi connectivity index (χ3n) is 3.57. The van der Waals surface area contributed by atoms with E-state index in [0.717, 1.165) is 13.1 Å². The van der Waals surface area contributed by atoms with Gasteiger partial charge in [-0.3, -0.25) is 4.90 Å². The molecular weight excluding hydrogens is 234 g/mol. The minimum atomic E-state index is -2.97. The van der Waals surface area contributed by atoms with Crippen LogP contribution in [-0.2, 0) is 16.4 Å². The van der Waals surface area contributed by atoms with Crippen molar-refractivity contribution in [1.29, 1.82) is 0 Å². The van der Waals surface area contributed by atoms with Crippen LogP contribution >= 0.6 is 0 Å². The molecule has 3 nitrogen and oxygen atoms in total. The van der Waals surface area contributed by atoms with E-state index < -0.39 is 9.84 Å². The number of likely N-dealkylation sites (tertiary alicyclic amines) is 1. The van der Waals surface area contributed by atoms with Gasteiger partial charge in [-0.15, -0.1) is 0 Å². The lowest BCUT2D eigenvalue weighted by molar-refractivity contribution is 0.324. The fourth-order valence-electron chi connectivity index (χ4n) is 2.69. The van der Waals surface area contributed by atoms with Gasteiger partial charge in [0, 0.05) is 31.0 Å².